The maximum Gasteiger partial charge on any atom is 0.328 e. The molecule has 1 heterocycles. The summed E-state index contributed by atoms with van der Waals surface area (Å²) in [4.78, 5) is 16.0. The van der Waals surface area contributed by atoms with E-state index in [9.17, 15) is 22.0 Å². The largest absolute Gasteiger partial charge is 0.418 e. The SMILES string of the molecule is CCN(Cc1ccccc1)c1nc(NCCN(C)C)nc(Oc2c(F)c(F)c(F)c(F)c2F)n1. The highest BCUT2D eigenvalue weighted by Gasteiger charge is 2.28. The van der Waals surface area contributed by atoms with Crippen molar-refractivity contribution in [2.75, 3.05) is 43.9 Å². The third kappa shape index (κ3) is 5.87. The van der Waals surface area contributed by atoms with Gasteiger partial charge in [-0.2, -0.15) is 23.7 Å². The summed E-state index contributed by atoms with van der Waals surface area (Å²) in [6, 6.07) is 8.75. The second kappa shape index (κ2) is 11.1. The number of ether oxygens (including phenoxy) is 1. The van der Waals surface area contributed by atoms with E-state index >= 15 is 0 Å². The van der Waals surface area contributed by atoms with Crippen LogP contribution in [-0.2, 0) is 6.54 Å². The van der Waals surface area contributed by atoms with Crippen LogP contribution in [0.5, 0.6) is 11.8 Å². The summed E-state index contributed by atoms with van der Waals surface area (Å²) < 4.78 is 73.9. The summed E-state index contributed by atoms with van der Waals surface area (Å²) in [7, 11) is 3.72. The minimum atomic E-state index is -2.29. The Morgan fingerprint density at radius 2 is 1.47 bits per heavy atom. The third-order valence-corrected chi connectivity index (χ3v) is 4.69. The molecule has 0 bridgehead atoms. The second-order valence-electron chi connectivity index (χ2n) is 7.47. The number of hydrogen-bond acceptors (Lipinski definition) is 7. The van der Waals surface area contributed by atoms with Crippen molar-refractivity contribution in [1.82, 2.24) is 19.9 Å². The van der Waals surface area contributed by atoms with Gasteiger partial charge in [0, 0.05) is 26.2 Å². The molecule has 2 aromatic carbocycles. The van der Waals surface area contributed by atoms with Crippen LogP contribution in [-0.4, -0.2) is 53.6 Å². The molecule has 182 valence electrons. The fourth-order valence-corrected chi connectivity index (χ4v) is 2.90. The molecule has 0 radical (unpaired) electrons. The van der Waals surface area contributed by atoms with Crippen molar-refractivity contribution in [3.05, 3.63) is 65.0 Å². The first-order valence-corrected chi connectivity index (χ1v) is 10.3. The van der Waals surface area contributed by atoms with E-state index < -0.39 is 40.8 Å². The number of halogens is 5. The molecule has 0 atom stereocenters. The maximum atomic E-state index is 14.1. The minimum Gasteiger partial charge on any atom is -0.418 e. The molecule has 0 aliphatic carbocycles. The zero-order valence-corrected chi connectivity index (χ0v) is 18.7. The molecule has 12 heteroatoms. The number of benzene rings is 2. The Balaban J connectivity index is 1.99. The zero-order valence-electron chi connectivity index (χ0n) is 18.7. The van der Waals surface area contributed by atoms with Gasteiger partial charge >= 0.3 is 6.01 Å². The molecule has 0 aliphatic heterocycles. The molecular formula is C22H23F5N6O. The van der Waals surface area contributed by atoms with Crippen molar-refractivity contribution >= 4 is 11.9 Å². The van der Waals surface area contributed by atoms with Crippen LogP contribution in [0.1, 0.15) is 12.5 Å². The highest BCUT2D eigenvalue weighted by molar-refractivity contribution is 5.41. The maximum absolute atomic E-state index is 14.1. The van der Waals surface area contributed by atoms with Gasteiger partial charge in [0.15, 0.2) is 0 Å². The van der Waals surface area contributed by atoms with Crippen LogP contribution < -0.4 is 15.0 Å². The molecule has 0 spiro atoms. The molecule has 0 unspecified atom stereocenters. The first-order valence-electron chi connectivity index (χ1n) is 10.3. The highest BCUT2D eigenvalue weighted by atomic mass is 19.2. The van der Waals surface area contributed by atoms with Gasteiger partial charge in [-0.1, -0.05) is 30.3 Å². The summed E-state index contributed by atoms with van der Waals surface area (Å²) in [5, 5.41) is 2.94. The van der Waals surface area contributed by atoms with Crippen molar-refractivity contribution in [1.29, 1.82) is 0 Å². The fraction of sp³-hybridized carbons (Fsp3) is 0.318. The predicted octanol–water partition coefficient (Wildman–Crippen LogP) is 4.36. The van der Waals surface area contributed by atoms with Gasteiger partial charge in [0.1, 0.15) is 0 Å². The topological polar surface area (TPSA) is 66.4 Å². The summed E-state index contributed by atoms with van der Waals surface area (Å²) in [6.07, 6.45) is 0. The van der Waals surface area contributed by atoms with Gasteiger partial charge in [-0.25, -0.2) is 13.2 Å². The Kier molecular flexibility index (Phi) is 8.16. The van der Waals surface area contributed by atoms with Gasteiger partial charge in [0.2, 0.25) is 46.7 Å². The Morgan fingerprint density at radius 3 is 2.06 bits per heavy atom. The Hall–Kier alpha value is -3.54. The standard InChI is InChI=1S/C22H23F5N6O/c1-4-33(12-13-8-6-5-7-9-13)21-29-20(28-10-11-32(2)3)30-22(31-21)34-19-17(26)15(24)14(23)16(25)18(19)27/h5-9H,4,10-12H2,1-3H3,(H,28,29,30,31). The van der Waals surface area contributed by atoms with E-state index in [1.54, 1.807) is 4.90 Å². The highest BCUT2D eigenvalue weighted by Crippen LogP contribution is 2.32. The van der Waals surface area contributed by atoms with E-state index in [2.05, 4.69) is 20.3 Å². The quantitative estimate of drug-likeness (QED) is 0.262. The molecule has 3 rings (SSSR count). The lowest BCUT2D eigenvalue weighted by atomic mass is 10.2. The van der Waals surface area contributed by atoms with Gasteiger partial charge in [0.05, 0.1) is 0 Å². The zero-order chi connectivity index (χ0) is 24.8. The second-order valence-corrected chi connectivity index (χ2v) is 7.47. The number of likely N-dealkylation sites (N-methyl/N-ethyl adjacent to an activating group) is 1. The number of aromatic nitrogens is 3. The molecule has 1 N–H and O–H groups in total. The van der Waals surface area contributed by atoms with E-state index in [4.69, 9.17) is 4.74 Å². The van der Waals surface area contributed by atoms with Crippen LogP contribution in [0.2, 0.25) is 0 Å². The van der Waals surface area contributed by atoms with Gasteiger partial charge in [0.25, 0.3) is 0 Å². The van der Waals surface area contributed by atoms with Crippen molar-refractivity contribution in [2.24, 2.45) is 0 Å². The molecule has 0 amide bonds. The van der Waals surface area contributed by atoms with E-state index in [0.29, 0.717) is 26.2 Å². The first-order chi connectivity index (χ1) is 16.2. The van der Waals surface area contributed by atoms with Crippen molar-refractivity contribution in [3.8, 4) is 11.8 Å². The summed E-state index contributed by atoms with van der Waals surface area (Å²) in [5.74, 6) is -12.2. The lowest BCUT2D eigenvalue weighted by molar-refractivity contribution is 0.322. The molecule has 7 nitrogen and oxygen atoms in total. The van der Waals surface area contributed by atoms with Gasteiger partial charge < -0.3 is 19.9 Å². The van der Waals surface area contributed by atoms with Gasteiger partial charge in [-0.15, -0.1) is 0 Å². The third-order valence-electron chi connectivity index (χ3n) is 4.69. The van der Waals surface area contributed by atoms with Gasteiger partial charge in [-0.3, -0.25) is 0 Å². The monoisotopic (exact) mass is 482 g/mol. The molecule has 0 fully saturated rings. The van der Waals surface area contributed by atoms with Crippen molar-refractivity contribution in [3.63, 3.8) is 0 Å². The Morgan fingerprint density at radius 1 is 0.853 bits per heavy atom. The van der Waals surface area contributed by atoms with Crippen molar-refractivity contribution in [2.45, 2.75) is 13.5 Å². The molecule has 1 aromatic heterocycles. The van der Waals surface area contributed by atoms with E-state index in [1.807, 2.05) is 56.3 Å². The molecular weight excluding hydrogens is 459 g/mol. The summed E-state index contributed by atoms with van der Waals surface area (Å²) in [5.41, 5.74) is 0.939. The minimum absolute atomic E-state index is 0.0113. The Labute approximate surface area is 193 Å². The lowest BCUT2D eigenvalue weighted by Gasteiger charge is -2.22. The van der Waals surface area contributed by atoms with E-state index in [0.717, 1.165) is 5.56 Å². The van der Waals surface area contributed by atoms with Crippen LogP contribution in [0.4, 0.5) is 33.8 Å². The Bertz CT molecular complexity index is 1100. The molecule has 0 saturated heterocycles. The van der Waals surface area contributed by atoms with Crippen LogP contribution in [0.3, 0.4) is 0 Å². The van der Waals surface area contributed by atoms with Gasteiger partial charge in [-0.05, 0) is 26.6 Å². The smallest absolute Gasteiger partial charge is 0.328 e. The first kappa shape index (κ1) is 25.1. The summed E-state index contributed by atoms with van der Waals surface area (Å²) in [6.45, 7) is 3.69. The molecule has 0 aliphatic rings. The molecule has 0 saturated carbocycles. The van der Waals surface area contributed by atoms with E-state index in [-0.39, 0.29) is 11.9 Å². The predicted molar refractivity (Wildman–Crippen MR) is 116 cm³/mol. The summed E-state index contributed by atoms with van der Waals surface area (Å²) >= 11 is 0. The molecule has 3 aromatic rings. The van der Waals surface area contributed by atoms with E-state index in [1.165, 1.54) is 0 Å². The normalized spacial score (nSPS) is 11.1. The number of nitrogens with zero attached hydrogens (tertiary/aromatic N) is 5. The average molecular weight is 482 g/mol. The van der Waals surface area contributed by atoms with Crippen LogP contribution >= 0.6 is 0 Å². The fourth-order valence-electron chi connectivity index (χ4n) is 2.90. The molecule has 34 heavy (non-hydrogen) atoms. The van der Waals surface area contributed by atoms with Crippen LogP contribution in [0.15, 0.2) is 30.3 Å². The van der Waals surface area contributed by atoms with Crippen LogP contribution in [0, 0.1) is 29.1 Å². The average Bonchev–Trinajstić information content (AvgIpc) is 2.83. The lowest BCUT2D eigenvalue weighted by Crippen LogP contribution is -2.26. The number of rotatable bonds is 10. The number of hydrogen-bond donors (Lipinski definition) is 1. The van der Waals surface area contributed by atoms with Crippen LogP contribution in [0.25, 0.3) is 0 Å². The number of anilines is 2. The van der Waals surface area contributed by atoms with Crippen molar-refractivity contribution < 1.29 is 26.7 Å². The number of nitrogens with one attached hydrogen (secondary N) is 1.